The van der Waals surface area contributed by atoms with Crippen LogP contribution in [0, 0.1) is 6.92 Å². The Hall–Kier alpha value is -1.31. The number of carbonyl (C=O) groups excluding carboxylic acids is 2. The van der Waals surface area contributed by atoms with Crippen LogP contribution in [0.5, 0.6) is 0 Å². The summed E-state index contributed by atoms with van der Waals surface area (Å²) in [5.74, 6) is -0.0647. The van der Waals surface area contributed by atoms with Gasteiger partial charge in [0.05, 0.1) is 21.6 Å². The van der Waals surface area contributed by atoms with Gasteiger partial charge in [0.2, 0.25) is 5.91 Å². The van der Waals surface area contributed by atoms with Crippen molar-refractivity contribution in [3.8, 4) is 0 Å². The molecule has 1 N–H and O–H groups in total. The maximum atomic E-state index is 11.9. The molecule has 2 aromatic heterocycles. The maximum absolute atomic E-state index is 11.9. The third-order valence-electron chi connectivity index (χ3n) is 2.48. The molecular weight excluding hydrogens is 326 g/mol. The molecule has 2 heterocycles. The van der Waals surface area contributed by atoms with E-state index in [1.807, 2.05) is 24.4 Å². The van der Waals surface area contributed by atoms with Crippen molar-refractivity contribution in [3.63, 3.8) is 0 Å². The number of esters is 1. The molecule has 0 unspecified atom stereocenters. The summed E-state index contributed by atoms with van der Waals surface area (Å²) < 4.78 is 6.09. The molecule has 0 spiro atoms. The Kier molecular flexibility index (Phi) is 5.84. The van der Waals surface area contributed by atoms with E-state index < -0.39 is 0 Å². The fourth-order valence-corrected chi connectivity index (χ4v) is 4.17. The third-order valence-corrected chi connectivity index (χ3v) is 5.75. The van der Waals surface area contributed by atoms with Crippen molar-refractivity contribution in [3.05, 3.63) is 34.0 Å². The summed E-state index contributed by atoms with van der Waals surface area (Å²) in [6.45, 7) is 3.94. The zero-order valence-corrected chi connectivity index (χ0v) is 14.1. The normalized spacial score (nSPS) is 10.4. The third kappa shape index (κ3) is 4.59. The van der Waals surface area contributed by atoms with E-state index in [2.05, 4.69) is 5.32 Å². The van der Waals surface area contributed by atoms with Gasteiger partial charge in [0.25, 0.3) is 0 Å². The number of hydrogen-bond donors (Lipinski definition) is 1. The molecule has 2 rings (SSSR count). The van der Waals surface area contributed by atoms with Crippen LogP contribution in [0.2, 0.25) is 0 Å². The molecule has 1 amide bonds. The van der Waals surface area contributed by atoms with Gasteiger partial charge in [-0.25, -0.2) is 4.79 Å². The second kappa shape index (κ2) is 7.63. The minimum Gasteiger partial charge on any atom is -0.462 e. The zero-order chi connectivity index (χ0) is 15.2. The summed E-state index contributed by atoms with van der Waals surface area (Å²) in [4.78, 5) is 24.1. The van der Waals surface area contributed by atoms with Crippen molar-refractivity contribution in [2.45, 2.75) is 18.1 Å². The topological polar surface area (TPSA) is 55.4 Å². The fraction of sp³-hybridized carbons (Fsp3) is 0.286. The van der Waals surface area contributed by atoms with Gasteiger partial charge in [-0.3, -0.25) is 4.79 Å². The number of hydrogen-bond acceptors (Lipinski definition) is 6. The first-order valence-corrected chi connectivity index (χ1v) is 9.02. The number of rotatable bonds is 6. The summed E-state index contributed by atoms with van der Waals surface area (Å²) >= 11 is 4.36. The molecule has 7 heteroatoms. The number of anilines is 1. The van der Waals surface area contributed by atoms with E-state index >= 15 is 0 Å². The highest BCUT2D eigenvalue weighted by molar-refractivity contribution is 8.01. The van der Waals surface area contributed by atoms with Gasteiger partial charge in [-0.1, -0.05) is 6.07 Å². The number of amides is 1. The van der Waals surface area contributed by atoms with Gasteiger partial charge in [0.15, 0.2) is 0 Å². The molecule has 21 heavy (non-hydrogen) atoms. The Bertz CT molecular complexity index is 619. The molecule has 0 aliphatic heterocycles. The fourth-order valence-electron chi connectivity index (χ4n) is 1.60. The van der Waals surface area contributed by atoms with Crippen molar-refractivity contribution < 1.29 is 14.3 Å². The van der Waals surface area contributed by atoms with Gasteiger partial charge in [0.1, 0.15) is 4.88 Å². The Morgan fingerprint density at radius 3 is 2.90 bits per heavy atom. The van der Waals surface area contributed by atoms with Crippen molar-refractivity contribution in [2.24, 2.45) is 0 Å². The number of thioether (sulfide) groups is 1. The van der Waals surface area contributed by atoms with Gasteiger partial charge in [-0.2, -0.15) is 0 Å². The largest absolute Gasteiger partial charge is 0.462 e. The minimum absolute atomic E-state index is 0.0786. The number of carbonyl (C=O) groups is 2. The lowest BCUT2D eigenvalue weighted by atomic mass is 10.3. The molecule has 0 aliphatic rings. The molecule has 0 fully saturated rings. The van der Waals surface area contributed by atoms with Gasteiger partial charge in [-0.05, 0) is 36.9 Å². The van der Waals surface area contributed by atoms with Crippen LogP contribution in [0.4, 0.5) is 5.00 Å². The predicted octanol–water partition coefficient (Wildman–Crippen LogP) is 4.03. The van der Waals surface area contributed by atoms with Crippen LogP contribution >= 0.6 is 34.4 Å². The first-order valence-electron chi connectivity index (χ1n) is 6.34. The van der Waals surface area contributed by atoms with Crippen LogP contribution in [-0.2, 0) is 9.53 Å². The highest BCUT2D eigenvalue weighted by atomic mass is 32.2. The lowest BCUT2D eigenvalue weighted by Gasteiger charge is -2.01. The minimum atomic E-state index is -0.339. The van der Waals surface area contributed by atoms with Crippen molar-refractivity contribution in [1.29, 1.82) is 0 Å². The summed E-state index contributed by atoms with van der Waals surface area (Å²) in [6.07, 6.45) is 0. The second-order valence-corrected chi connectivity index (χ2v) is 7.39. The van der Waals surface area contributed by atoms with Crippen LogP contribution in [0.15, 0.2) is 27.8 Å². The quantitative estimate of drug-likeness (QED) is 0.637. The van der Waals surface area contributed by atoms with Crippen molar-refractivity contribution in [1.82, 2.24) is 0 Å². The first-order chi connectivity index (χ1) is 10.1. The van der Waals surface area contributed by atoms with Gasteiger partial charge in [-0.15, -0.1) is 34.4 Å². The Balaban J connectivity index is 1.92. The highest BCUT2D eigenvalue weighted by Crippen LogP contribution is 2.28. The smallest absolute Gasteiger partial charge is 0.348 e. The number of nitrogens with one attached hydrogen (secondary N) is 1. The molecule has 0 aliphatic carbocycles. The predicted molar refractivity (Wildman–Crippen MR) is 88.7 cm³/mol. The molecule has 2 aromatic rings. The van der Waals surface area contributed by atoms with Crippen LogP contribution in [0.1, 0.15) is 22.2 Å². The average molecular weight is 341 g/mol. The van der Waals surface area contributed by atoms with Crippen molar-refractivity contribution in [2.75, 3.05) is 17.7 Å². The van der Waals surface area contributed by atoms with Gasteiger partial charge in [0, 0.05) is 0 Å². The zero-order valence-electron chi connectivity index (χ0n) is 11.7. The summed E-state index contributed by atoms with van der Waals surface area (Å²) in [6, 6.07) is 5.74. The molecule has 4 nitrogen and oxygen atoms in total. The van der Waals surface area contributed by atoms with E-state index in [0.717, 1.165) is 9.77 Å². The molecule has 112 valence electrons. The number of thiophene rings is 2. The average Bonchev–Trinajstić information content (AvgIpc) is 3.06. The summed E-state index contributed by atoms with van der Waals surface area (Å²) in [5, 5.41) is 5.47. The van der Waals surface area contributed by atoms with Gasteiger partial charge >= 0.3 is 5.97 Å². The summed E-state index contributed by atoms with van der Waals surface area (Å²) in [7, 11) is 0. The van der Waals surface area contributed by atoms with E-state index in [9.17, 15) is 9.59 Å². The van der Waals surface area contributed by atoms with Crippen LogP contribution in [-0.4, -0.2) is 24.2 Å². The van der Waals surface area contributed by atoms with E-state index in [0.29, 0.717) is 22.2 Å². The van der Waals surface area contributed by atoms with E-state index in [1.54, 1.807) is 24.3 Å². The monoisotopic (exact) mass is 341 g/mol. The molecule has 0 radical (unpaired) electrons. The SMILES string of the molecule is CCOC(=O)c1sc(NC(=O)CSc2cccs2)cc1C. The molecule has 0 saturated heterocycles. The van der Waals surface area contributed by atoms with Crippen LogP contribution in [0.25, 0.3) is 0 Å². The lowest BCUT2D eigenvalue weighted by Crippen LogP contribution is -2.12. The van der Waals surface area contributed by atoms with E-state index in [-0.39, 0.29) is 11.9 Å². The second-order valence-electron chi connectivity index (χ2n) is 4.11. The first kappa shape index (κ1) is 16.1. The summed E-state index contributed by atoms with van der Waals surface area (Å²) in [5.41, 5.74) is 0.819. The van der Waals surface area contributed by atoms with Gasteiger partial charge < -0.3 is 10.1 Å². The Labute approximate surface area is 135 Å². The molecule has 0 aromatic carbocycles. The maximum Gasteiger partial charge on any atom is 0.348 e. The Morgan fingerprint density at radius 1 is 1.43 bits per heavy atom. The molecule has 0 atom stereocenters. The Morgan fingerprint density at radius 2 is 2.24 bits per heavy atom. The van der Waals surface area contributed by atoms with Crippen LogP contribution < -0.4 is 5.32 Å². The number of aryl methyl sites for hydroxylation is 1. The van der Waals surface area contributed by atoms with E-state index in [1.165, 1.54) is 23.1 Å². The molecule has 0 bridgehead atoms. The highest BCUT2D eigenvalue weighted by Gasteiger charge is 2.15. The molecular formula is C14H15NO3S3. The van der Waals surface area contributed by atoms with Crippen molar-refractivity contribution >= 4 is 51.3 Å². The van der Waals surface area contributed by atoms with E-state index in [4.69, 9.17) is 4.74 Å². The van der Waals surface area contributed by atoms with Crippen LogP contribution in [0.3, 0.4) is 0 Å². The standard InChI is InChI=1S/C14H15NO3S3/c1-3-18-14(17)13-9(2)7-11(21-13)15-10(16)8-20-12-5-4-6-19-12/h4-7H,3,8H2,1-2H3,(H,15,16). The number of ether oxygens (including phenoxy) is 1. The molecule has 0 saturated carbocycles. The lowest BCUT2D eigenvalue weighted by molar-refractivity contribution is -0.113.